The Morgan fingerprint density at radius 3 is 2.31 bits per heavy atom. The first kappa shape index (κ1) is 23.5. The number of hydrogen-bond acceptors (Lipinski definition) is 4. The molecule has 2 heterocycles. The van der Waals surface area contributed by atoms with E-state index in [4.69, 9.17) is 15.2 Å². The van der Waals surface area contributed by atoms with Crippen LogP contribution in [-0.2, 0) is 22.6 Å². The fraction of sp³-hybridized carbons (Fsp3) is 0.241. The van der Waals surface area contributed by atoms with Crippen LogP contribution in [0.15, 0.2) is 79.1 Å². The average Bonchev–Trinajstić information content (AvgIpc) is 3.44. The summed E-state index contributed by atoms with van der Waals surface area (Å²) in [4.78, 5) is 28.0. The van der Waals surface area contributed by atoms with Crippen molar-refractivity contribution in [3.63, 3.8) is 0 Å². The third-order valence-electron chi connectivity index (χ3n) is 7.02. The maximum Gasteiger partial charge on any atom is 0.240 e. The van der Waals surface area contributed by atoms with E-state index in [9.17, 15) is 9.59 Å². The minimum absolute atomic E-state index is 0.133. The molecule has 0 spiro atoms. The second-order valence-electron chi connectivity index (χ2n) is 9.04. The Kier molecular flexibility index (Phi) is 6.38. The molecule has 1 aliphatic heterocycles. The number of rotatable bonds is 7. The van der Waals surface area contributed by atoms with Crippen LogP contribution in [-0.4, -0.2) is 41.5 Å². The van der Waals surface area contributed by atoms with Crippen molar-refractivity contribution in [3.8, 4) is 11.5 Å². The molecule has 0 bridgehead atoms. The Hall–Kier alpha value is -4.26. The van der Waals surface area contributed by atoms with Crippen LogP contribution in [0.5, 0.6) is 11.5 Å². The monoisotopic (exact) mass is 483 g/mol. The molecule has 2 amide bonds. The molecule has 0 fully saturated rings. The van der Waals surface area contributed by atoms with Crippen LogP contribution in [0.2, 0.25) is 0 Å². The minimum atomic E-state index is -0.735. The summed E-state index contributed by atoms with van der Waals surface area (Å²) in [6.07, 6.45) is 4.45. The highest BCUT2D eigenvalue weighted by atomic mass is 16.5. The molecule has 0 saturated carbocycles. The third-order valence-corrected chi connectivity index (χ3v) is 7.02. The Bertz CT molecular complexity index is 1410. The van der Waals surface area contributed by atoms with Crippen molar-refractivity contribution in [2.75, 3.05) is 14.2 Å². The van der Waals surface area contributed by atoms with Crippen LogP contribution >= 0.6 is 0 Å². The first-order chi connectivity index (χ1) is 17.5. The van der Waals surface area contributed by atoms with Crippen LogP contribution in [0, 0.1) is 0 Å². The second-order valence-corrected chi connectivity index (χ2v) is 9.04. The summed E-state index contributed by atoms with van der Waals surface area (Å²) in [6.45, 7) is 0.274. The van der Waals surface area contributed by atoms with Gasteiger partial charge in [0.15, 0.2) is 11.5 Å². The molecule has 7 nitrogen and oxygen atoms in total. The molecule has 0 aliphatic carbocycles. The summed E-state index contributed by atoms with van der Waals surface area (Å²) in [7, 11) is 3.15. The number of amides is 2. The highest BCUT2D eigenvalue weighted by Crippen LogP contribution is 2.36. The molecule has 2 atom stereocenters. The van der Waals surface area contributed by atoms with Gasteiger partial charge in [-0.2, -0.15) is 0 Å². The van der Waals surface area contributed by atoms with Crippen molar-refractivity contribution in [1.29, 1.82) is 0 Å². The highest BCUT2D eigenvalue weighted by Gasteiger charge is 2.35. The summed E-state index contributed by atoms with van der Waals surface area (Å²) in [5.74, 6) is 0.516. The predicted octanol–water partition coefficient (Wildman–Crippen LogP) is 4.08. The molecule has 184 valence electrons. The predicted molar refractivity (Wildman–Crippen MR) is 138 cm³/mol. The van der Waals surface area contributed by atoms with Gasteiger partial charge in [-0.05, 0) is 51.7 Å². The minimum Gasteiger partial charge on any atom is -0.493 e. The zero-order valence-electron chi connectivity index (χ0n) is 20.4. The lowest BCUT2D eigenvalue weighted by Gasteiger charge is -2.36. The number of carbonyl (C=O) groups is 2. The molecule has 0 saturated heterocycles. The summed E-state index contributed by atoms with van der Waals surface area (Å²) in [5.41, 5.74) is 8.69. The van der Waals surface area contributed by atoms with E-state index in [-0.39, 0.29) is 24.9 Å². The van der Waals surface area contributed by atoms with Gasteiger partial charge in [-0.3, -0.25) is 9.59 Å². The lowest BCUT2D eigenvalue weighted by molar-refractivity contribution is -0.141. The van der Waals surface area contributed by atoms with Gasteiger partial charge in [0.2, 0.25) is 11.8 Å². The van der Waals surface area contributed by atoms with E-state index < -0.39 is 11.9 Å². The number of primary amides is 1. The Morgan fingerprint density at radius 2 is 1.61 bits per heavy atom. The Labute approximate surface area is 210 Å². The van der Waals surface area contributed by atoms with Crippen LogP contribution in [0.4, 0.5) is 0 Å². The van der Waals surface area contributed by atoms with Crippen molar-refractivity contribution >= 4 is 22.6 Å². The highest BCUT2D eigenvalue weighted by molar-refractivity contribution is 5.89. The molecule has 1 aliphatic rings. The number of fused-ring (bicyclic) bond motifs is 2. The van der Waals surface area contributed by atoms with Gasteiger partial charge >= 0.3 is 0 Å². The van der Waals surface area contributed by atoms with Crippen LogP contribution in [0.25, 0.3) is 10.8 Å². The van der Waals surface area contributed by atoms with E-state index >= 15 is 0 Å². The van der Waals surface area contributed by atoms with E-state index in [2.05, 4.69) is 24.3 Å². The van der Waals surface area contributed by atoms with Crippen molar-refractivity contribution < 1.29 is 19.1 Å². The summed E-state index contributed by atoms with van der Waals surface area (Å²) in [5, 5.41) is 2.21. The van der Waals surface area contributed by atoms with Gasteiger partial charge in [-0.25, -0.2) is 0 Å². The molecule has 36 heavy (non-hydrogen) atoms. The number of ether oxygens (including phenoxy) is 2. The van der Waals surface area contributed by atoms with E-state index in [1.54, 1.807) is 19.1 Å². The van der Waals surface area contributed by atoms with Crippen LogP contribution in [0.1, 0.15) is 29.2 Å². The lowest BCUT2D eigenvalue weighted by Crippen LogP contribution is -2.51. The number of nitrogens with zero attached hydrogens (tertiary/aromatic N) is 2. The normalized spacial score (nSPS) is 15.8. The fourth-order valence-corrected chi connectivity index (χ4v) is 5.18. The molecule has 7 heteroatoms. The maximum atomic E-state index is 13.9. The van der Waals surface area contributed by atoms with Gasteiger partial charge in [0.25, 0.3) is 0 Å². The number of nitrogens with two attached hydrogens (primary N) is 1. The SMILES string of the molecule is COc1cc2c(cc1OC)CN(C(=O)CC(c1cccc3ccccc13)n1cccc1)C(C(N)=O)C2. The summed E-state index contributed by atoms with van der Waals surface area (Å²) >= 11 is 0. The zero-order valence-corrected chi connectivity index (χ0v) is 20.4. The number of aromatic nitrogens is 1. The molecular formula is C29H29N3O4. The van der Waals surface area contributed by atoms with Crippen LogP contribution < -0.4 is 15.2 Å². The van der Waals surface area contributed by atoms with Crippen molar-refractivity contribution in [2.24, 2.45) is 5.73 Å². The van der Waals surface area contributed by atoms with Gasteiger partial charge in [0.1, 0.15) is 6.04 Å². The molecule has 2 N–H and O–H groups in total. The molecule has 0 radical (unpaired) electrons. The Balaban J connectivity index is 1.51. The molecule has 5 rings (SSSR count). The van der Waals surface area contributed by atoms with Crippen molar-refractivity contribution in [3.05, 3.63) is 95.8 Å². The van der Waals surface area contributed by atoms with E-state index in [0.29, 0.717) is 17.9 Å². The standard InChI is InChI=1S/C29H29N3O4/c1-35-26-15-20-14-25(29(30)34)32(18-21(20)16-27(26)36-2)28(33)17-24(31-12-5-6-13-31)23-11-7-9-19-8-3-4-10-22(19)23/h3-13,15-16,24-25H,14,17-18H2,1-2H3,(H2,30,34). The number of hydrogen-bond donors (Lipinski definition) is 1. The number of benzene rings is 3. The van der Waals surface area contributed by atoms with Crippen molar-refractivity contribution in [1.82, 2.24) is 9.47 Å². The van der Waals surface area contributed by atoms with Gasteiger partial charge in [0, 0.05) is 25.4 Å². The summed E-state index contributed by atoms with van der Waals surface area (Å²) in [6, 6.07) is 21.0. The van der Waals surface area contributed by atoms with Gasteiger partial charge < -0.3 is 24.7 Å². The average molecular weight is 484 g/mol. The van der Waals surface area contributed by atoms with E-state index in [0.717, 1.165) is 27.5 Å². The quantitative estimate of drug-likeness (QED) is 0.429. The molecule has 1 aromatic heterocycles. The molecule has 2 unspecified atom stereocenters. The first-order valence-electron chi connectivity index (χ1n) is 11.9. The van der Waals surface area contributed by atoms with Gasteiger partial charge in [0.05, 0.1) is 26.7 Å². The van der Waals surface area contributed by atoms with E-state index in [1.165, 1.54) is 0 Å². The van der Waals surface area contributed by atoms with Gasteiger partial charge in [-0.1, -0.05) is 42.5 Å². The third kappa shape index (κ3) is 4.28. The summed E-state index contributed by atoms with van der Waals surface area (Å²) < 4.78 is 12.9. The van der Waals surface area contributed by atoms with Crippen molar-refractivity contribution in [2.45, 2.75) is 31.5 Å². The Morgan fingerprint density at radius 1 is 0.944 bits per heavy atom. The largest absolute Gasteiger partial charge is 0.493 e. The number of carbonyl (C=O) groups excluding carboxylic acids is 2. The maximum absolute atomic E-state index is 13.9. The van der Waals surface area contributed by atoms with Gasteiger partial charge in [-0.15, -0.1) is 0 Å². The number of methoxy groups -OCH3 is 2. The van der Waals surface area contributed by atoms with Crippen LogP contribution in [0.3, 0.4) is 0 Å². The zero-order chi connectivity index (χ0) is 25.2. The molecule has 3 aromatic carbocycles. The fourth-order valence-electron chi connectivity index (χ4n) is 5.18. The lowest BCUT2D eigenvalue weighted by atomic mass is 9.91. The molecule has 4 aromatic rings. The topological polar surface area (TPSA) is 86.8 Å². The first-order valence-corrected chi connectivity index (χ1v) is 11.9. The van der Waals surface area contributed by atoms with E-state index in [1.807, 2.05) is 59.4 Å². The molecular weight excluding hydrogens is 454 g/mol. The second kappa shape index (κ2) is 9.77. The smallest absolute Gasteiger partial charge is 0.240 e.